The highest BCUT2D eigenvalue weighted by Gasteiger charge is 2.12. The van der Waals surface area contributed by atoms with Gasteiger partial charge in [0.1, 0.15) is 0 Å². The van der Waals surface area contributed by atoms with Crippen molar-refractivity contribution < 1.29 is 9.59 Å². The molecular weight excluding hydrogens is 304 g/mol. The zero-order valence-electron chi connectivity index (χ0n) is 15.3. The van der Waals surface area contributed by atoms with E-state index in [0.29, 0.717) is 24.5 Å². The highest BCUT2D eigenvalue weighted by Crippen LogP contribution is 2.21. The second-order valence-electron chi connectivity index (χ2n) is 5.56. The Balaban J connectivity index is 2.70. The van der Waals surface area contributed by atoms with Crippen LogP contribution in [-0.4, -0.2) is 60.9 Å². The van der Waals surface area contributed by atoms with E-state index in [1.54, 1.807) is 12.1 Å². The number of anilines is 2. The van der Waals surface area contributed by atoms with Gasteiger partial charge in [0.2, 0.25) is 11.8 Å². The molecule has 0 spiro atoms. The van der Waals surface area contributed by atoms with Crippen LogP contribution in [0.15, 0.2) is 24.3 Å². The van der Waals surface area contributed by atoms with E-state index in [0.717, 1.165) is 26.2 Å². The number of carbonyl (C=O) groups excluding carboxylic acids is 2. The number of benzene rings is 1. The predicted octanol–water partition coefficient (Wildman–Crippen LogP) is 2.25. The van der Waals surface area contributed by atoms with Gasteiger partial charge < -0.3 is 10.6 Å². The number of likely N-dealkylation sites (N-methyl/N-ethyl adjacent to an activating group) is 2. The van der Waals surface area contributed by atoms with E-state index in [4.69, 9.17) is 0 Å². The minimum atomic E-state index is -0.0795. The Hall–Kier alpha value is -1.92. The Labute approximate surface area is 145 Å². The second kappa shape index (κ2) is 10.8. The molecule has 6 nitrogen and oxygen atoms in total. The van der Waals surface area contributed by atoms with Crippen LogP contribution in [-0.2, 0) is 9.59 Å². The Bertz CT molecular complexity index is 479. The average molecular weight is 334 g/mol. The van der Waals surface area contributed by atoms with Gasteiger partial charge in [-0.3, -0.25) is 19.4 Å². The predicted molar refractivity (Wildman–Crippen MR) is 99.3 cm³/mol. The summed E-state index contributed by atoms with van der Waals surface area (Å²) in [5.41, 5.74) is 1.25. The lowest BCUT2D eigenvalue weighted by Gasteiger charge is -2.20. The van der Waals surface area contributed by atoms with Gasteiger partial charge in [-0.05, 0) is 38.3 Å². The Morgan fingerprint density at radius 2 is 1.08 bits per heavy atom. The van der Waals surface area contributed by atoms with Gasteiger partial charge in [0.05, 0.1) is 24.5 Å². The van der Waals surface area contributed by atoms with Crippen molar-refractivity contribution >= 4 is 23.2 Å². The van der Waals surface area contributed by atoms with Crippen molar-refractivity contribution in [1.82, 2.24) is 9.80 Å². The molecule has 1 aromatic carbocycles. The SMILES string of the molecule is CCN(CC)CC(=O)Nc1ccccc1NC(=O)CN(CC)CC. The summed E-state index contributed by atoms with van der Waals surface area (Å²) in [4.78, 5) is 28.4. The maximum absolute atomic E-state index is 12.2. The van der Waals surface area contributed by atoms with E-state index in [-0.39, 0.29) is 11.8 Å². The number of nitrogens with zero attached hydrogens (tertiary/aromatic N) is 2. The van der Waals surface area contributed by atoms with Crippen LogP contribution in [0.5, 0.6) is 0 Å². The van der Waals surface area contributed by atoms with Crippen molar-refractivity contribution in [1.29, 1.82) is 0 Å². The molecule has 24 heavy (non-hydrogen) atoms. The summed E-state index contributed by atoms with van der Waals surface area (Å²) < 4.78 is 0. The van der Waals surface area contributed by atoms with Crippen molar-refractivity contribution in [3.05, 3.63) is 24.3 Å². The number of rotatable bonds is 10. The van der Waals surface area contributed by atoms with E-state index in [9.17, 15) is 9.59 Å². The van der Waals surface area contributed by atoms with Crippen molar-refractivity contribution in [2.75, 3.05) is 49.9 Å². The fourth-order valence-electron chi connectivity index (χ4n) is 2.38. The first-order valence-corrected chi connectivity index (χ1v) is 8.67. The summed E-state index contributed by atoms with van der Waals surface area (Å²) in [6.45, 7) is 12.1. The number of para-hydroxylation sites is 2. The molecule has 0 fully saturated rings. The largest absolute Gasteiger partial charge is 0.323 e. The molecule has 0 radical (unpaired) electrons. The highest BCUT2D eigenvalue weighted by molar-refractivity contribution is 6.00. The minimum absolute atomic E-state index is 0.0795. The Morgan fingerprint density at radius 3 is 1.38 bits per heavy atom. The third-order valence-electron chi connectivity index (χ3n) is 4.00. The zero-order valence-corrected chi connectivity index (χ0v) is 15.3. The molecule has 0 saturated carbocycles. The molecule has 0 atom stereocenters. The molecule has 0 unspecified atom stereocenters. The second-order valence-corrected chi connectivity index (χ2v) is 5.56. The van der Waals surface area contributed by atoms with Crippen molar-refractivity contribution in [3.63, 3.8) is 0 Å². The lowest BCUT2D eigenvalue weighted by Crippen LogP contribution is -2.34. The van der Waals surface area contributed by atoms with Gasteiger partial charge >= 0.3 is 0 Å². The Morgan fingerprint density at radius 1 is 0.750 bits per heavy atom. The molecule has 0 aromatic heterocycles. The lowest BCUT2D eigenvalue weighted by molar-refractivity contribution is -0.118. The first-order valence-electron chi connectivity index (χ1n) is 8.67. The lowest BCUT2D eigenvalue weighted by atomic mass is 10.2. The zero-order chi connectivity index (χ0) is 17.9. The molecule has 134 valence electrons. The van der Waals surface area contributed by atoms with E-state index in [1.165, 1.54) is 0 Å². The third kappa shape index (κ3) is 6.68. The van der Waals surface area contributed by atoms with Crippen molar-refractivity contribution in [2.45, 2.75) is 27.7 Å². The average Bonchev–Trinajstić information content (AvgIpc) is 2.59. The van der Waals surface area contributed by atoms with Crippen LogP contribution in [0.2, 0.25) is 0 Å². The molecule has 0 saturated heterocycles. The minimum Gasteiger partial charge on any atom is -0.323 e. The molecule has 0 aliphatic rings. The number of amides is 2. The topological polar surface area (TPSA) is 64.7 Å². The molecule has 0 aliphatic carbocycles. The van der Waals surface area contributed by atoms with Gasteiger partial charge in [0.25, 0.3) is 0 Å². The molecule has 2 amide bonds. The summed E-state index contributed by atoms with van der Waals surface area (Å²) in [5, 5.41) is 5.77. The van der Waals surface area contributed by atoms with Gasteiger partial charge in [-0.1, -0.05) is 39.8 Å². The standard InChI is InChI=1S/C18H30N4O2/c1-5-21(6-2)13-17(23)19-15-11-9-10-12-16(15)20-18(24)14-22(7-3)8-4/h9-12H,5-8,13-14H2,1-4H3,(H,19,23)(H,20,24). The smallest absolute Gasteiger partial charge is 0.238 e. The fourth-order valence-corrected chi connectivity index (χ4v) is 2.38. The van der Waals surface area contributed by atoms with Gasteiger partial charge in [-0.15, -0.1) is 0 Å². The van der Waals surface area contributed by atoms with Crippen LogP contribution in [0, 0.1) is 0 Å². The first kappa shape index (κ1) is 20.1. The monoisotopic (exact) mass is 334 g/mol. The van der Waals surface area contributed by atoms with Gasteiger partial charge in [-0.25, -0.2) is 0 Å². The maximum Gasteiger partial charge on any atom is 0.238 e. The Kier molecular flexibility index (Phi) is 9.04. The fraction of sp³-hybridized carbons (Fsp3) is 0.556. The van der Waals surface area contributed by atoms with Crippen LogP contribution in [0.1, 0.15) is 27.7 Å². The molecular formula is C18H30N4O2. The highest BCUT2D eigenvalue weighted by atomic mass is 16.2. The van der Waals surface area contributed by atoms with Crippen LogP contribution in [0.3, 0.4) is 0 Å². The first-order chi connectivity index (χ1) is 11.5. The molecule has 1 rings (SSSR count). The van der Waals surface area contributed by atoms with Gasteiger partial charge in [-0.2, -0.15) is 0 Å². The van der Waals surface area contributed by atoms with E-state index in [2.05, 4.69) is 10.6 Å². The number of hydrogen-bond donors (Lipinski definition) is 2. The molecule has 1 aromatic rings. The summed E-state index contributed by atoms with van der Waals surface area (Å²) >= 11 is 0. The van der Waals surface area contributed by atoms with Gasteiger partial charge in [0.15, 0.2) is 0 Å². The van der Waals surface area contributed by atoms with Crippen molar-refractivity contribution in [2.24, 2.45) is 0 Å². The molecule has 0 heterocycles. The molecule has 2 N–H and O–H groups in total. The quantitative estimate of drug-likeness (QED) is 0.689. The summed E-state index contributed by atoms with van der Waals surface area (Å²) in [7, 11) is 0. The number of carbonyl (C=O) groups is 2. The summed E-state index contributed by atoms with van der Waals surface area (Å²) in [6.07, 6.45) is 0. The third-order valence-corrected chi connectivity index (χ3v) is 4.00. The van der Waals surface area contributed by atoms with Gasteiger partial charge in [0, 0.05) is 0 Å². The van der Waals surface area contributed by atoms with Crippen LogP contribution in [0.25, 0.3) is 0 Å². The molecule has 0 aliphatic heterocycles. The van der Waals surface area contributed by atoms with E-state index < -0.39 is 0 Å². The summed E-state index contributed by atoms with van der Waals surface area (Å²) in [6, 6.07) is 7.28. The maximum atomic E-state index is 12.2. The molecule has 0 bridgehead atoms. The normalized spacial score (nSPS) is 10.9. The number of hydrogen-bond acceptors (Lipinski definition) is 4. The molecule has 6 heteroatoms. The van der Waals surface area contributed by atoms with Crippen LogP contribution < -0.4 is 10.6 Å². The summed E-state index contributed by atoms with van der Waals surface area (Å²) in [5.74, 6) is -0.159. The van der Waals surface area contributed by atoms with Crippen LogP contribution in [0.4, 0.5) is 11.4 Å². The van der Waals surface area contributed by atoms with E-state index in [1.807, 2.05) is 49.6 Å². The van der Waals surface area contributed by atoms with Crippen molar-refractivity contribution in [3.8, 4) is 0 Å². The number of nitrogens with one attached hydrogen (secondary N) is 2. The van der Waals surface area contributed by atoms with E-state index >= 15 is 0 Å². The van der Waals surface area contributed by atoms with Crippen LogP contribution >= 0.6 is 0 Å².